The van der Waals surface area contributed by atoms with Crippen molar-refractivity contribution in [2.24, 2.45) is 0 Å². The monoisotopic (exact) mass is 251 g/mol. The van der Waals surface area contributed by atoms with Gasteiger partial charge in [0, 0.05) is 0 Å². The van der Waals surface area contributed by atoms with Gasteiger partial charge in [-0.15, -0.1) is 0 Å². The lowest BCUT2D eigenvalue weighted by Crippen LogP contribution is -2.21. The molecule has 19 heavy (non-hydrogen) atoms. The topological polar surface area (TPSA) is 46.2 Å². The summed E-state index contributed by atoms with van der Waals surface area (Å²) < 4.78 is 0. The van der Waals surface area contributed by atoms with Gasteiger partial charge < -0.3 is 0 Å². The molecule has 0 aliphatic carbocycles. The number of amides is 2. The fraction of sp³-hybridized carbons (Fsp3) is 0.125. The van der Waals surface area contributed by atoms with E-state index in [-0.39, 0.29) is 11.8 Å². The van der Waals surface area contributed by atoms with Gasteiger partial charge in [0.25, 0.3) is 0 Å². The van der Waals surface area contributed by atoms with Crippen LogP contribution < -0.4 is 5.32 Å². The second kappa shape index (κ2) is 4.69. The molecule has 3 nitrogen and oxygen atoms in total. The van der Waals surface area contributed by atoms with Crippen molar-refractivity contribution in [2.45, 2.75) is 11.8 Å². The van der Waals surface area contributed by atoms with Gasteiger partial charge in [0.1, 0.15) is 0 Å². The predicted octanol–water partition coefficient (Wildman–Crippen LogP) is 2.21. The molecule has 0 radical (unpaired) electrons. The molecule has 1 N–H and O–H groups in total. The Balaban J connectivity index is 2.06. The van der Waals surface area contributed by atoms with E-state index in [1.165, 1.54) is 0 Å². The number of nitrogens with one attached hydrogen (secondary N) is 1. The molecule has 1 aliphatic rings. The first-order valence-corrected chi connectivity index (χ1v) is 6.22. The molecule has 0 aromatic heterocycles. The number of carbonyl (C=O) groups excluding carboxylic acids is 2. The summed E-state index contributed by atoms with van der Waals surface area (Å²) in [5.41, 5.74) is 1.75. The Labute approximate surface area is 111 Å². The highest BCUT2D eigenvalue weighted by Gasteiger charge is 2.43. The van der Waals surface area contributed by atoms with Crippen molar-refractivity contribution >= 4 is 11.8 Å². The minimum Gasteiger partial charge on any atom is -0.295 e. The minimum atomic E-state index is -0.434. The lowest BCUT2D eigenvalue weighted by molar-refractivity contribution is -0.125. The molecule has 2 aromatic rings. The molecule has 1 heterocycles. The molecule has 1 fully saturated rings. The van der Waals surface area contributed by atoms with E-state index < -0.39 is 11.8 Å². The maximum Gasteiger partial charge on any atom is 0.235 e. The largest absolute Gasteiger partial charge is 0.295 e. The average Bonchev–Trinajstić information content (AvgIpc) is 2.75. The number of carbonyl (C=O) groups is 2. The lowest BCUT2D eigenvalue weighted by Gasteiger charge is -2.15. The average molecular weight is 251 g/mol. The number of rotatable bonds is 2. The molecule has 0 saturated carbocycles. The van der Waals surface area contributed by atoms with Gasteiger partial charge in [-0.1, -0.05) is 60.7 Å². The summed E-state index contributed by atoms with van der Waals surface area (Å²) in [5.74, 6) is -1.30. The van der Waals surface area contributed by atoms with Crippen LogP contribution in [0.15, 0.2) is 60.7 Å². The quantitative estimate of drug-likeness (QED) is 0.832. The molecule has 2 atom stereocenters. The Hall–Kier alpha value is -2.42. The zero-order valence-electron chi connectivity index (χ0n) is 10.2. The standard InChI is InChI=1S/C16H13NO2/c18-15-13(11-7-3-1-4-8-11)14(16(19)17-15)12-9-5-2-6-10-12/h1-10,13-14H,(H,17,18,19)/t13-,14-/m0/s1. The van der Waals surface area contributed by atoms with Gasteiger partial charge in [-0.05, 0) is 11.1 Å². The van der Waals surface area contributed by atoms with Gasteiger partial charge in [0.2, 0.25) is 11.8 Å². The Bertz CT molecular complexity index is 552. The molecule has 3 heteroatoms. The van der Waals surface area contributed by atoms with Crippen LogP contribution in [0.4, 0.5) is 0 Å². The van der Waals surface area contributed by atoms with Crippen LogP contribution in [-0.4, -0.2) is 11.8 Å². The zero-order valence-corrected chi connectivity index (χ0v) is 10.2. The summed E-state index contributed by atoms with van der Waals surface area (Å²) in [7, 11) is 0. The summed E-state index contributed by atoms with van der Waals surface area (Å²) in [5, 5.41) is 2.44. The second-order valence-corrected chi connectivity index (χ2v) is 4.63. The molecule has 1 saturated heterocycles. The highest BCUT2D eigenvalue weighted by Crippen LogP contribution is 2.37. The van der Waals surface area contributed by atoms with Crippen LogP contribution in [0.5, 0.6) is 0 Å². The maximum atomic E-state index is 12.0. The number of imide groups is 1. The number of hydrogen-bond donors (Lipinski definition) is 1. The molecule has 0 spiro atoms. The summed E-state index contributed by atoms with van der Waals surface area (Å²) in [6.07, 6.45) is 0. The van der Waals surface area contributed by atoms with E-state index in [2.05, 4.69) is 5.32 Å². The number of hydrogen-bond acceptors (Lipinski definition) is 2. The Morgan fingerprint density at radius 1 is 0.632 bits per heavy atom. The molecule has 0 bridgehead atoms. The first-order chi connectivity index (χ1) is 9.27. The third kappa shape index (κ3) is 2.03. The van der Waals surface area contributed by atoms with Crippen molar-refractivity contribution in [1.29, 1.82) is 0 Å². The van der Waals surface area contributed by atoms with Crippen molar-refractivity contribution in [1.82, 2.24) is 5.32 Å². The van der Waals surface area contributed by atoms with E-state index in [0.717, 1.165) is 11.1 Å². The van der Waals surface area contributed by atoms with Crippen LogP contribution in [0.1, 0.15) is 23.0 Å². The highest BCUT2D eigenvalue weighted by molar-refractivity contribution is 6.10. The predicted molar refractivity (Wildman–Crippen MR) is 71.5 cm³/mol. The Morgan fingerprint density at radius 2 is 1.00 bits per heavy atom. The Morgan fingerprint density at radius 3 is 1.37 bits per heavy atom. The van der Waals surface area contributed by atoms with E-state index in [9.17, 15) is 9.59 Å². The van der Waals surface area contributed by atoms with Crippen LogP contribution in [0, 0.1) is 0 Å². The second-order valence-electron chi connectivity index (χ2n) is 4.63. The third-order valence-corrected chi connectivity index (χ3v) is 3.46. The molecule has 2 aromatic carbocycles. The van der Waals surface area contributed by atoms with Crippen LogP contribution in [-0.2, 0) is 9.59 Å². The van der Waals surface area contributed by atoms with Gasteiger partial charge in [-0.3, -0.25) is 14.9 Å². The van der Waals surface area contributed by atoms with E-state index in [1.807, 2.05) is 60.7 Å². The normalized spacial score (nSPS) is 22.3. The van der Waals surface area contributed by atoms with E-state index >= 15 is 0 Å². The van der Waals surface area contributed by atoms with Crippen LogP contribution in [0.3, 0.4) is 0 Å². The lowest BCUT2D eigenvalue weighted by atomic mass is 9.83. The van der Waals surface area contributed by atoms with Crippen LogP contribution >= 0.6 is 0 Å². The van der Waals surface area contributed by atoms with E-state index in [1.54, 1.807) is 0 Å². The fourth-order valence-corrected chi connectivity index (χ4v) is 2.59. The Kier molecular flexibility index (Phi) is 2.88. The fourth-order valence-electron chi connectivity index (χ4n) is 2.59. The first kappa shape index (κ1) is 11.7. The van der Waals surface area contributed by atoms with Gasteiger partial charge in [-0.2, -0.15) is 0 Å². The molecule has 2 amide bonds. The molecule has 3 rings (SSSR count). The first-order valence-electron chi connectivity index (χ1n) is 6.22. The summed E-state index contributed by atoms with van der Waals surface area (Å²) in [6.45, 7) is 0. The molecular formula is C16H13NO2. The van der Waals surface area contributed by atoms with Gasteiger partial charge in [0.05, 0.1) is 11.8 Å². The van der Waals surface area contributed by atoms with Crippen LogP contribution in [0.25, 0.3) is 0 Å². The zero-order chi connectivity index (χ0) is 13.2. The van der Waals surface area contributed by atoms with Gasteiger partial charge in [0.15, 0.2) is 0 Å². The van der Waals surface area contributed by atoms with E-state index in [0.29, 0.717) is 0 Å². The maximum absolute atomic E-state index is 12.0. The molecule has 0 unspecified atom stereocenters. The van der Waals surface area contributed by atoms with Crippen molar-refractivity contribution in [3.63, 3.8) is 0 Å². The number of benzene rings is 2. The minimum absolute atomic E-state index is 0.218. The molecule has 94 valence electrons. The van der Waals surface area contributed by atoms with Crippen molar-refractivity contribution in [3.05, 3.63) is 71.8 Å². The van der Waals surface area contributed by atoms with Crippen molar-refractivity contribution in [2.75, 3.05) is 0 Å². The summed E-state index contributed by atoms with van der Waals surface area (Å²) in [4.78, 5) is 24.1. The van der Waals surface area contributed by atoms with Crippen molar-refractivity contribution < 1.29 is 9.59 Å². The van der Waals surface area contributed by atoms with Gasteiger partial charge in [-0.25, -0.2) is 0 Å². The SMILES string of the molecule is O=C1NC(=O)[C@@H](c2ccccc2)[C@@H]1c1ccccc1. The van der Waals surface area contributed by atoms with Gasteiger partial charge >= 0.3 is 0 Å². The summed E-state index contributed by atoms with van der Waals surface area (Å²) >= 11 is 0. The van der Waals surface area contributed by atoms with Crippen LogP contribution in [0.2, 0.25) is 0 Å². The highest BCUT2D eigenvalue weighted by atomic mass is 16.2. The van der Waals surface area contributed by atoms with E-state index in [4.69, 9.17) is 0 Å². The summed E-state index contributed by atoms with van der Waals surface area (Å²) in [6, 6.07) is 18.9. The molecule has 1 aliphatic heterocycles. The smallest absolute Gasteiger partial charge is 0.235 e. The van der Waals surface area contributed by atoms with Crippen molar-refractivity contribution in [3.8, 4) is 0 Å². The third-order valence-electron chi connectivity index (χ3n) is 3.46. The molecular weight excluding hydrogens is 238 g/mol.